The number of fused-ring (bicyclic) bond motifs is 1. The molecule has 0 aliphatic carbocycles. The summed E-state index contributed by atoms with van der Waals surface area (Å²) >= 11 is 0. The van der Waals surface area contributed by atoms with E-state index in [-0.39, 0.29) is 6.10 Å². The van der Waals surface area contributed by atoms with Gasteiger partial charge in [0, 0.05) is 52.0 Å². The van der Waals surface area contributed by atoms with Crippen molar-refractivity contribution in [1.29, 1.82) is 0 Å². The van der Waals surface area contributed by atoms with Crippen molar-refractivity contribution in [2.45, 2.75) is 46.0 Å². The molecule has 2 aliphatic rings. The molecule has 3 heterocycles. The summed E-state index contributed by atoms with van der Waals surface area (Å²) in [6, 6.07) is 13.3. The van der Waals surface area contributed by atoms with Gasteiger partial charge in [0.15, 0.2) is 5.96 Å². The average Bonchev–Trinajstić information content (AvgIpc) is 3.32. The molecule has 2 saturated heterocycles. The van der Waals surface area contributed by atoms with Gasteiger partial charge < -0.3 is 15.0 Å². The van der Waals surface area contributed by atoms with Crippen LogP contribution in [-0.4, -0.2) is 77.5 Å². The van der Waals surface area contributed by atoms with Crippen LogP contribution in [0.25, 0.3) is 0 Å². The van der Waals surface area contributed by atoms with Crippen LogP contribution in [0.3, 0.4) is 0 Å². The molecule has 2 aromatic rings. The molecule has 168 valence electrons. The van der Waals surface area contributed by atoms with Crippen molar-refractivity contribution < 1.29 is 4.74 Å². The van der Waals surface area contributed by atoms with Gasteiger partial charge in [-0.2, -0.15) is 5.10 Å². The molecule has 0 amide bonds. The van der Waals surface area contributed by atoms with Crippen molar-refractivity contribution in [3.63, 3.8) is 0 Å². The van der Waals surface area contributed by atoms with Crippen molar-refractivity contribution in [3.8, 4) is 0 Å². The summed E-state index contributed by atoms with van der Waals surface area (Å²) in [6.45, 7) is 12.8. The van der Waals surface area contributed by atoms with E-state index in [9.17, 15) is 0 Å². The van der Waals surface area contributed by atoms with Crippen LogP contribution in [0.5, 0.6) is 0 Å². The summed E-state index contributed by atoms with van der Waals surface area (Å²) < 4.78 is 8.24. The van der Waals surface area contributed by atoms with Gasteiger partial charge in [-0.15, -0.1) is 0 Å². The summed E-state index contributed by atoms with van der Waals surface area (Å²) in [6.07, 6.45) is 0.239. The molecule has 3 unspecified atom stereocenters. The molecule has 0 radical (unpaired) electrons. The molecule has 0 bridgehead atoms. The maximum Gasteiger partial charge on any atom is 0.193 e. The number of aryl methyl sites for hydroxylation is 2. The lowest BCUT2D eigenvalue weighted by Crippen LogP contribution is -2.50. The fourth-order valence-corrected chi connectivity index (χ4v) is 4.76. The van der Waals surface area contributed by atoms with Gasteiger partial charge in [0.05, 0.1) is 24.4 Å². The average molecular weight is 425 g/mol. The molecule has 0 spiro atoms. The van der Waals surface area contributed by atoms with Crippen molar-refractivity contribution >= 4 is 5.96 Å². The third-order valence-corrected chi connectivity index (χ3v) is 6.35. The highest BCUT2D eigenvalue weighted by Crippen LogP contribution is 2.24. The Morgan fingerprint density at radius 2 is 2.06 bits per heavy atom. The molecule has 4 rings (SSSR count). The van der Waals surface area contributed by atoms with Crippen LogP contribution in [0.4, 0.5) is 0 Å². The minimum absolute atomic E-state index is 0.239. The predicted molar refractivity (Wildman–Crippen MR) is 124 cm³/mol. The number of likely N-dealkylation sites (tertiary alicyclic amines) is 1. The van der Waals surface area contributed by atoms with E-state index in [2.05, 4.69) is 80.1 Å². The maximum absolute atomic E-state index is 6.14. The quantitative estimate of drug-likeness (QED) is 0.570. The van der Waals surface area contributed by atoms with Crippen LogP contribution in [0.1, 0.15) is 23.9 Å². The van der Waals surface area contributed by atoms with E-state index in [0.717, 1.165) is 57.5 Å². The Morgan fingerprint density at radius 1 is 1.26 bits per heavy atom. The highest BCUT2D eigenvalue weighted by molar-refractivity contribution is 5.80. The van der Waals surface area contributed by atoms with Gasteiger partial charge in [0.2, 0.25) is 0 Å². The lowest BCUT2D eigenvalue weighted by atomic mass is 10.1. The van der Waals surface area contributed by atoms with E-state index < -0.39 is 0 Å². The van der Waals surface area contributed by atoms with Crippen LogP contribution in [0, 0.1) is 19.8 Å². The Balaban J connectivity index is 1.32. The topological polar surface area (TPSA) is 57.9 Å². The molecule has 1 aromatic heterocycles. The van der Waals surface area contributed by atoms with Gasteiger partial charge >= 0.3 is 0 Å². The van der Waals surface area contributed by atoms with Gasteiger partial charge in [0.1, 0.15) is 0 Å². The first kappa shape index (κ1) is 21.8. The Kier molecular flexibility index (Phi) is 6.92. The number of rotatable bonds is 6. The first-order valence-electron chi connectivity index (χ1n) is 11.4. The zero-order valence-electron chi connectivity index (χ0n) is 19.3. The maximum atomic E-state index is 6.14. The fourth-order valence-electron chi connectivity index (χ4n) is 4.76. The van der Waals surface area contributed by atoms with E-state index in [4.69, 9.17) is 4.74 Å². The van der Waals surface area contributed by atoms with E-state index in [1.807, 2.05) is 14.0 Å². The molecular formula is C24H36N6O. The fraction of sp³-hybridized carbons (Fsp3) is 0.583. The number of morpholine rings is 1. The highest BCUT2D eigenvalue weighted by Gasteiger charge is 2.41. The molecule has 2 aliphatic heterocycles. The second kappa shape index (κ2) is 9.83. The minimum atomic E-state index is 0.239. The monoisotopic (exact) mass is 424 g/mol. The van der Waals surface area contributed by atoms with Gasteiger partial charge in [-0.3, -0.25) is 14.6 Å². The highest BCUT2D eigenvalue weighted by atomic mass is 16.5. The molecule has 7 nitrogen and oxygen atoms in total. The van der Waals surface area contributed by atoms with Crippen LogP contribution in [0.15, 0.2) is 41.4 Å². The van der Waals surface area contributed by atoms with Crippen LogP contribution < -0.4 is 5.32 Å². The van der Waals surface area contributed by atoms with E-state index >= 15 is 0 Å². The Morgan fingerprint density at radius 3 is 2.77 bits per heavy atom. The van der Waals surface area contributed by atoms with E-state index in [0.29, 0.717) is 12.0 Å². The lowest BCUT2D eigenvalue weighted by Gasteiger charge is -2.36. The predicted octanol–water partition coefficient (Wildman–Crippen LogP) is 2.30. The molecule has 1 aromatic carbocycles. The zero-order chi connectivity index (χ0) is 21.8. The summed E-state index contributed by atoms with van der Waals surface area (Å²) in [4.78, 5) is 9.50. The Labute approximate surface area is 186 Å². The number of nitrogens with one attached hydrogen (secondary N) is 1. The Bertz CT molecular complexity index is 879. The third kappa shape index (κ3) is 5.28. The third-order valence-electron chi connectivity index (χ3n) is 6.35. The van der Waals surface area contributed by atoms with Crippen LogP contribution >= 0.6 is 0 Å². The van der Waals surface area contributed by atoms with Gasteiger partial charge in [0.25, 0.3) is 0 Å². The van der Waals surface area contributed by atoms with E-state index in [1.54, 1.807) is 0 Å². The molecule has 7 heteroatoms. The standard InChI is InChI=1S/C24H36N6O/c1-18(14-30-20(3)12-19(2)27-30)13-26-24(25-4)29-16-22-23(17-29)31-11-10-28(22)15-21-8-6-5-7-9-21/h5-9,12,18,22-23H,10-11,13-17H2,1-4H3,(H,25,26). The van der Waals surface area contributed by atoms with Gasteiger partial charge in [-0.1, -0.05) is 37.3 Å². The van der Waals surface area contributed by atoms with E-state index in [1.165, 1.54) is 11.3 Å². The van der Waals surface area contributed by atoms with Crippen molar-refractivity contribution in [2.24, 2.45) is 10.9 Å². The number of aliphatic imine (C=N–C) groups is 1. The molecule has 1 N–H and O–H groups in total. The molecule has 31 heavy (non-hydrogen) atoms. The second-order valence-corrected chi connectivity index (χ2v) is 8.98. The number of nitrogens with zero attached hydrogens (tertiary/aromatic N) is 5. The number of hydrogen-bond acceptors (Lipinski definition) is 4. The van der Waals surface area contributed by atoms with Gasteiger partial charge in [-0.25, -0.2) is 0 Å². The molecule has 0 saturated carbocycles. The number of aromatic nitrogens is 2. The number of benzene rings is 1. The number of ether oxygens (including phenoxy) is 1. The number of guanidine groups is 1. The van der Waals surface area contributed by atoms with Crippen LogP contribution in [0.2, 0.25) is 0 Å². The summed E-state index contributed by atoms with van der Waals surface area (Å²) in [5.41, 5.74) is 3.66. The summed E-state index contributed by atoms with van der Waals surface area (Å²) in [5.74, 6) is 1.42. The second-order valence-electron chi connectivity index (χ2n) is 8.98. The van der Waals surface area contributed by atoms with Crippen molar-refractivity contribution in [3.05, 3.63) is 53.3 Å². The first-order valence-corrected chi connectivity index (χ1v) is 11.4. The Hall–Kier alpha value is -2.38. The largest absolute Gasteiger partial charge is 0.373 e. The number of hydrogen-bond donors (Lipinski definition) is 1. The summed E-state index contributed by atoms with van der Waals surface area (Å²) in [5, 5.41) is 8.19. The normalized spacial score (nSPS) is 23.1. The lowest BCUT2D eigenvalue weighted by molar-refractivity contribution is -0.0502. The summed E-state index contributed by atoms with van der Waals surface area (Å²) in [7, 11) is 1.87. The molecule has 3 atom stereocenters. The van der Waals surface area contributed by atoms with Gasteiger partial charge in [-0.05, 0) is 31.4 Å². The van der Waals surface area contributed by atoms with Crippen molar-refractivity contribution in [1.82, 2.24) is 24.9 Å². The van der Waals surface area contributed by atoms with Crippen molar-refractivity contribution in [2.75, 3.05) is 39.8 Å². The molecule has 2 fully saturated rings. The first-order chi connectivity index (χ1) is 15.0. The minimum Gasteiger partial charge on any atom is -0.373 e. The SMILES string of the molecule is CN=C(NCC(C)Cn1nc(C)cc1C)N1CC2OCCN(Cc3ccccc3)C2C1. The zero-order valence-corrected chi connectivity index (χ0v) is 19.3. The smallest absolute Gasteiger partial charge is 0.193 e. The molecular weight excluding hydrogens is 388 g/mol. The van der Waals surface area contributed by atoms with Crippen LogP contribution in [-0.2, 0) is 17.8 Å².